The van der Waals surface area contributed by atoms with Crippen LogP contribution in [-0.4, -0.2) is 11.5 Å². The smallest absolute Gasteiger partial charge is 0.267 e. The SMILES string of the molecule is CCc1ccccc1NC(=O)C(C)(C)Oc1ccc(Cl)cc1. The van der Waals surface area contributed by atoms with E-state index in [0.29, 0.717) is 10.8 Å². The molecule has 0 aromatic heterocycles. The lowest BCUT2D eigenvalue weighted by Crippen LogP contribution is -2.42. The van der Waals surface area contributed by atoms with Crippen LogP contribution in [0.3, 0.4) is 0 Å². The summed E-state index contributed by atoms with van der Waals surface area (Å²) in [6.07, 6.45) is 0.856. The average Bonchev–Trinajstić information content (AvgIpc) is 2.50. The predicted molar refractivity (Wildman–Crippen MR) is 90.6 cm³/mol. The third kappa shape index (κ3) is 4.01. The minimum absolute atomic E-state index is 0.191. The Morgan fingerprint density at radius 2 is 1.77 bits per heavy atom. The second-order valence-electron chi connectivity index (χ2n) is 5.53. The Bertz CT molecular complexity index is 650. The van der Waals surface area contributed by atoms with Gasteiger partial charge in [0.1, 0.15) is 5.75 Å². The van der Waals surface area contributed by atoms with Crippen molar-refractivity contribution in [2.45, 2.75) is 32.8 Å². The minimum Gasteiger partial charge on any atom is -0.478 e. The molecule has 2 aromatic carbocycles. The topological polar surface area (TPSA) is 38.3 Å². The maximum atomic E-state index is 12.5. The van der Waals surface area contributed by atoms with Gasteiger partial charge in [0.05, 0.1) is 0 Å². The quantitative estimate of drug-likeness (QED) is 0.868. The standard InChI is InChI=1S/C18H20ClNO2/c1-4-13-7-5-6-8-16(13)20-17(21)18(2,3)22-15-11-9-14(19)10-12-15/h5-12H,4H2,1-3H3,(H,20,21). The van der Waals surface area contributed by atoms with E-state index in [2.05, 4.69) is 12.2 Å². The van der Waals surface area contributed by atoms with Crippen molar-refractivity contribution < 1.29 is 9.53 Å². The van der Waals surface area contributed by atoms with Crippen LogP contribution in [0.2, 0.25) is 5.02 Å². The Morgan fingerprint density at radius 1 is 1.14 bits per heavy atom. The van der Waals surface area contributed by atoms with Crippen molar-refractivity contribution in [3.05, 3.63) is 59.1 Å². The predicted octanol–water partition coefficient (Wildman–Crippen LogP) is 4.70. The zero-order chi connectivity index (χ0) is 16.2. The number of ether oxygens (including phenoxy) is 1. The Kier molecular flexibility index (Phi) is 5.09. The molecule has 4 heteroatoms. The van der Waals surface area contributed by atoms with Crippen molar-refractivity contribution in [3.8, 4) is 5.75 Å². The number of nitrogens with one attached hydrogen (secondary N) is 1. The van der Waals surface area contributed by atoms with Gasteiger partial charge in [0.25, 0.3) is 5.91 Å². The van der Waals surface area contributed by atoms with Gasteiger partial charge in [-0.25, -0.2) is 0 Å². The lowest BCUT2D eigenvalue weighted by atomic mass is 10.1. The average molecular weight is 318 g/mol. The van der Waals surface area contributed by atoms with Gasteiger partial charge < -0.3 is 10.1 Å². The van der Waals surface area contributed by atoms with Gasteiger partial charge in [0.15, 0.2) is 5.60 Å². The molecule has 0 saturated heterocycles. The number of aryl methyl sites for hydroxylation is 1. The Labute approximate surface area is 136 Å². The van der Waals surface area contributed by atoms with Gasteiger partial charge in [-0.2, -0.15) is 0 Å². The Hall–Kier alpha value is -2.00. The first kappa shape index (κ1) is 16.4. The van der Waals surface area contributed by atoms with Gasteiger partial charge in [-0.15, -0.1) is 0 Å². The van der Waals surface area contributed by atoms with Crippen molar-refractivity contribution in [2.24, 2.45) is 0 Å². The van der Waals surface area contributed by atoms with Crippen LogP contribution in [0.15, 0.2) is 48.5 Å². The molecule has 22 heavy (non-hydrogen) atoms. The number of hydrogen-bond donors (Lipinski definition) is 1. The molecule has 0 saturated carbocycles. The van der Waals surface area contributed by atoms with Gasteiger partial charge in [-0.1, -0.05) is 36.7 Å². The van der Waals surface area contributed by atoms with Crippen LogP contribution in [0.1, 0.15) is 26.3 Å². The minimum atomic E-state index is -0.991. The molecule has 0 fully saturated rings. The van der Waals surface area contributed by atoms with Crippen LogP contribution < -0.4 is 10.1 Å². The Morgan fingerprint density at radius 3 is 2.41 bits per heavy atom. The number of benzene rings is 2. The first-order valence-corrected chi connectivity index (χ1v) is 7.64. The molecule has 2 aromatic rings. The fourth-order valence-electron chi connectivity index (χ4n) is 2.07. The molecule has 1 N–H and O–H groups in total. The van der Waals surface area contributed by atoms with Crippen LogP contribution in [-0.2, 0) is 11.2 Å². The first-order chi connectivity index (χ1) is 10.4. The van der Waals surface area contributed by atoms with Crippen LogP contribution >= 0.6 is 11.6 Å². The second-order valence-corrected chi connectivity index (χ2v) is 5.97. The summed E-state index contributed by atoms with van der Waals surface area (Å²) < 4.78 is 5.79. The summed E-state index contributed by atoms with van der Waals surface area (Å²) in [5.41, 5.74) is 0.926. The van der Waals surface area contributed by atoms with Crippen LogP contribution in [0.4, 0.5) is 5.69 Å². The molecule has 0 atom stereocenters. The molecule has 0 spiro atoms. The third-order valence-electron chi connectivity index (χ3n) is 3.38. The number of rotatable bonds is 5. The molecule has 0 unspecified atom stereocenters. The van der Waals surface area contributed by atoms with Crippen LogP contribution in [0.25, 0.3) is 0 Å². The summed E-state index contributed by atoms with van der Waals surface area (Å²) in [6, 6.07) is 14.7. The highest BCUT2D eigenvalue weighted by Gasteiger charge is 2.30. The molecule has 0 aliphatic carbocycles. The largest absolute Gasteiger partial charge is 0.478 e. The fraction of sp³-hybridized carbons (Fsp3) is 0.278. The van der Waals surface area contributed by atoms with E-state index in [1.54, 1.807) is 38.1 Å². The highest BCUT2D eigenvalue weighted by molar-refractivity contribution is 6.30. The lowest BCUT2D eigenvalue weighted by Gasteiger charge is -2.26. The van der Waals surface area contributed by atoms with Crippen LogP contribution in [0.5, 0.6) is 5.75 Å². The van der Waals surface area contributed by atoms with E-state index in [1.807, 2.05) is 24.3 Å². The van der Waals surface area contributed by atoms with Gasteiger partial charge in [0, 0.05) is 10.7 Å². The van der Waals surface area contributed by atoms with E-state index >= 15 is 0 Å². The van der Waals surface area contributed by atoms with Crippen molar-refractivity contribution in [1.29, 1.82) is 0 Å². The molecular formula is C18H20ClNO2. The normalized spacial score (nSPS) is 11.1. The lowest BCUT2D eigenvalue weighted by molar-refractivity contribution is -0.128. The van der Waals surface area contributed by atoms with Crippen molar-refractivity contribution >= 4 is 23.2 Å². The van der Waals surface area contributed by atoms with Gasteiger partial charge in [0.2, 0.25) is 0 Å². The summed E-state index contributed by atoms with van der Waals surface area (Å²) in [6.45, 7) is 5.54. The molecule has 0 aliphatic heterocycles. The molecule has 116 valence electrons. The van der Waals surface area contributed by atoms with Crippen LogP contribution in [0, 0.1) is 0 Å². The van der Waals surface area contributed by atoms with Gasteiger partial charge in [-0.3, -0.25) is 4.79 Å². The zero-order valence-corrected chi connectivity index (χ0v) is 13.8. The van der Waals surface area contributed by atoms with E-state index in [9.17, 15) is 4.79 Å². The molecule has 0 heterocycles. The summed E-state index contributed by atoms with van der Waals surface area (Å²) in [5.74, 6) is 0.414. The molecule has 3 nitrogen and oxygen atoms in total. The van der Waals surface area contributed by atoms with E-state index in [-0.39, 0.29) is 5.91 Å². The number of anilines is 1. The summed E-state index contributed by atoms with van der Waals surface area (Å²) in [7, 11) is 0. The van der Waals surface area contributed by atoms with E-state index in [0.717, 1.165) is 17.7 Å². The Balaban J connectivity index is 2.11. The van der Waals surface area contributed by atoms with E-state index < -0.39 is 5.60 Å². The molecular weight excluding hydrogens is 298 g/mol. The van der Waals surface area contributed by atoms with E-state index in [4.69, 9.17) is 16.3 Å². The molecule has 0 bridgehead atoms. The highest BCUT2D eigenvalue weighted by Crippen LogP contribution is 2.23. The summed E-state index contributed by atoms with van der Waals surface area (Å²) >= 11 is 5.85. The van der Waals surface area contributed by atoms with Crippen molar-refractivity contribution in [1.82, 2.24) is 0 Å². The third-order valence-corrected chi connectivity index (χ3v) is 3.63. The maximum Gasteiger partial charge on any atom is 0.267 e. The second kappa shape index (κ2) is 6.84. The van der Waals surface area contributed by atoms with Gasteiger partial charge in [-0.05, 0) is 56.2 Å². The number of amides is 1. The summed E-state index contributed by atoms with van der Waals surface area (Å²) in [4.78, 5) is 12.5. The highest BCUT2D eigenvalue weighted by atomic mass is 35.5. The number of carbonyl (C=O) groups excluding carboxylic acids is 1. The zero-order valence-electron chi connectivity index (χ0n) is 13.0. The molecule has 1 amide bonds. The number of para-hydroxylation sites is 1. The van der Waals surface area contributed by atoms with Crippen molar-refractivity contribution in [3.63, 3.8) is 0 Å². The summed E-state index contributed by atoms with van der Waals surface area (Å²) in [5, 5.41) is 3.57. The van der Waals surface area contributed by atoms with Crippen molar-refractivity contribution in [2.75, 3.05) is 5.32 Å². The number of halogens is 1. The fourth-order valence-corrected chi connectivity index (χ4v) is 2.19. The van der Waals surface area contributed by atoms with Gasteiger partial charge >= 0.3 is 0 Å². The molecule has 2 rings (SSSR count). The number of carbonyl (C=O) groups is 1. The molecule has 0 radical (unpaired) electrons. The van der Waals surface area contributed by atoms with E-state index in [1.165, 1.54) is 0 Å². The molecule has 0 aliphatic rings. The maximum absolute atomic E-state index is 12.5. The monoisotopic (exact) mass is 317 g/mol. The first-order valence-electron chi connectivity index (χ1n) is 7.26. The number of hydrogen-bond acceptors (Lipinski definition) is 2.